The molecule has 1 nitrogen and oxygen atoms in total. The average molecular weight is 200 g/mol. The summed E-state index contributed by atoms with van der Waals surface area (Å²) in [6, 6.07) is 7.16. The van der Waals surface area contributed by atoms with Crippen molar-refractivity contribution in [3.63, 3.8) is 0 Å². The normalized spacial score (nSPS) is 10.9. The molecule has 3 heteroatoms. The Morgan fingerprint density at radius 3 is 2.57 bits per heavy atom. The van der Waals surface area contributed by atoms with Gasteiger partial charge in [0.05, 0.1) is 0 Å². The molecule has 1 N–H and O–H groups in total. The second-order valence-corrected chi connectivity index (χ2v) is 3.24. The van der Waals surface area contributed by atoms with Gasteiger partial charge in [-0.15, -0.1) is 0 Å². The van der Waals surface area contributed by atoms with Gasteiger partial charge in [0.2, 0.25) is 6.43 Å². The molecule has 1 aromatic rings. The molecule has 0 radical (unpaired) electrons. The third-order valence-corrected chi connectivity index (χ3v) is 2.00. The number of alkyl halides is 2. The highest BCUT2D eigenvalue weighted by Crippen LogP contribution is 2.11. The monoisotopic (exact) mass is 200 g/mol. The van der Waals surface area contributed by atoms with Crippen LogP contribution in [-0.4, -0.2) is 18.1 Å². The van der Waals surface area contributed by atoms with E-state index in [1.165, 1.54) is 0 Å². The number of rotatable bonds is 5. The predicted molar refractivity (Wildman–Crippen MR) is 51.6 cm³/mol. The maximum atomic E-state index is 12.1. The van der Waals surface area contributed by atoms with Crippen LogP contribution < -0.4 is 0 Å². The lowest BCUT2D eigenvalue weighted by molar-refractivity contribution is 0.149. The van der Waals surface area contributed by atoms with E-state index < -0.39 is 6.43 Å². The first-order valence-electron chi connectivity index (χ1n) is 4.69. The van der Waals surface area contributed by atoms with Crippen LogP contribution in [0.25, 0.3) is 0 Å². The average Bonchev–Trinajstić information content (AvgIpc) is 2.14. The molecule has 0 bridgehead atoms. The predicted octanol–water partition coefficient (Wildman–Crippen LogP) is 2.42. The zero-order valence-electron chi connectivity index (χ0n) is 7.92. The lowest BCUT2D eigenvalue weighted by atomic mass is 10.1. The third kappa shape index (κ3) is 3.83. The Balaban J connectivity index is 2.59. The van der Waals surface area contributed by atoms with Crippen molar-refractivity contribution in [2.24, 2.45) is 0 Å². The summed E-state index contributed by atoms with van der Waals surface area (Å²) >= 11 is 0. The molecule has 14 heavy (non-hydrogen) atoms. The van der Waals surface area contributed by atoms with E-state index in [1.54, 1.807) is 18.2 Å². The zero-order valence-corrected chi connectivity index (χ0v) is 7.92. The van der Waals surface area contributed by atoms with Gasteiger partial charge in [0, 0.05) is 13.0 Å². The van der Waals surface area contributed by atoms with Crippen molar-refractivity contribution in [3.8, 4) is 0 Å². The van der Waals surface area contributed by atoms with E-state index in [2.05, 4.69) is 0 Å². The number of aliphatic hydroxyl groups excluding tert-OH is 1. The van der Waals surface area contributed by atoms with Crippen molar-refractivity contribution >= 4 is 0 Å². The molecule has 0 aliphatic heterocycles. The number of aryl methyl sites for hydroxylation is 1. The molecule has 0 heterocycles. The van der Waals surface area contributed by atoms with Gasteiger partial charge in [0.25, 0.3) is 0 Å². The highest BCUT2D eigenvalue weighted by Gasteiger charge is 2.04. The number of aliphatic hydroxyl groups is 1. The van der Waals surface area contributed by atoms with Crippen molar-refractivity contribution in [1.29, 1.82) is 0 Å². The van der Waals surface area contributed by atoms with E-state index in [0.29, 0.717) is 12.0 Å². The number of benzene rings is 1. The van der Waals surface area contributed by atoms with Crippen LogP contribution in [0.15, 0.2) is 24.3 Å². The maximum absolute atomic E-state index is 12.1. The molecule has 0 spiro atoms. The molecule has 0 saturated carbocycles. The first-order chi connectivity index (χ1) is 6.72. The van der Waals surface area contributed by atoms with Crippen LogP contribution in [-0.2, 0) is 12.8 Å². The van der Waals surface area contributed by atoms with E-state index >= 15 is 0 Å². The van der Waals surface area contributed by atoms with Gasteiger partial charge >= 0.3 is 0 Å². The Bertz CT molecular complexity index is 274. The van der Waals surface area contributed by atoms with Crippen LogP contribution in [0.4, 0.5) is 8.78 Å². The van der Waals surface area contributed by atoms with Gasteiger partial charge in [-0.2, -0.15) is 0 Å². The van der Waals surface area contributed by atoms with E-state index in [-0.39, 0.29) is 13.0 Å². The summed E-state index contributed by atoms with van der Waals surface area (Å²) in [4.78, 5) is 0. The molecular weight excluding hydrogens is 186 g/mol. The van der Waals surface area contributed by atoms with Crippen molar-refractivity contribution in [2.75, 3.05) is 6.61 Å². The van der Waals surface area contributed by atoms with Gasteiger partial charge in [-0.3, -0.25) is 0 Å². The van der Waals surface area contributed by atoms with Gasteiger partial charge < -0.3 is 5.11 Å². The molecule has 0 amide bonds. The Kier molecular flexibility index (Phi) is 4.53. The van der Waals surface area contributed by atoms with Crippen LogP contribution >= 0.6 is 0 Å². The largest absolute Gasteiger partial charge is 0.396 e. The molecular formula is C11H14F2O. The summed E-state index contributed by atoms with van der Waals surface area (Å²) < 4.78 is 24.1. The van der Waals surface area contributed by atoms with Crippen molar-refractivity contribution in [1.82, 2.24) is 0 Å². The fraction of sp³-hybridized carbons (Fsp3) is 0.455. The third-order valence-electron chi connectivity index (χ3n) is 2.00. The summed E-state index contributed by atoms with van der Waals surface area (Å²) in [6.07, 6.45) is -1.05. The lowest BCUT2D eigenvalue weighted by Gasteiger charge is -2.03. The lowest BCUT2D eigenvalue weighted by Crippen LogP contribution is -1.98. The zero-order chi connectivity index (χ0) is 10.4. The minimum Gasteiger partial charge on any atom is -0.396 e. The summed E-state index contributed by atoms with van der Waals surface area (Å²) in [5.74, 6) is 0. The maximum Gasteiger partial charge on any atom is 0.242 e. The Labute approximate surface area is 82.4 Å². The molecule has 0 aliphatic carbocycles. The molecule has 1 rings (SSSR count). The van der Waals surface area contributed by atoms with Gasteiger partial charge in [-0.1, -0.05) is 24.3 Å². The van der Waals surface area contributed by atoms with Crippen molar-refractivity contribution in [2.45, 2.75) is 25.7 Å². The summed E-state index contributed by atoms with van der Waals surface area (Å²) in [5, 5.41) is 8.62. The van der Waals surface area contributed by atoms with Gasteiger partial charge in [0.1, 0.15) is 0 Å². The van der Waals surface area contributed by atoms with E-state index in [0.717, 1.165) is 12.0 Å². The van der Waals surface area contributed by atoms with Gasteiger partial charge in [-0.05, 0) is 24.0 Å². The van der Waals surface area contributed by atoms with Crippen molar-refractivity contribution in [3.05, 3.63) is 35.4 Å². The Morgan fingerprint density at radius 1 is 1.21 bits per heavy atom. The smallest absolute Gasteiger partial charge is 0.242 e. The quantitative estimate of drug-likeness (QED) is 0.773. The van der Waals surface area contributed by atoms with E-state index in [1.807, 2.05) is 6.07 Å². The highest BCUT2D eigenvalue weighted by molar-refractivity contribution is 5.23. The highest BCUT2D eigenvalue weighted by atomic mass is 19.3. The fourth-order valence-electron chi connectivity index (χ4n) is 1.37. The van der Waals surface area contributed by atoms with Crippen LogP contribution in [0.5, 0.6) is 0 Å². The summed E-state index contributed by atoms with van der Waals surface area (Å²) in [6.45, 7) is 0.138. The molecule has 0 unspecified atom stereocenters. The minimum absolute atomic E-state index is 0.138. The molecule has 78 valence electrons. The molecule has 0 saturated heterocycles. The van der Waals surface area contributed by atoms with Gasteiger partial charge in [-0.25, -0.2) is 8.78 Å². The second kappa shape index (κ2) is 5.70. The van der Waals surface area contributed by atoms with E-state index in [9.17, 15) is 8.78 Å². The van der Waals surface area contributed by atoms with Crippen LogP contribution in [0.2, 0.25) is 0 Å². The standard InChI is InChI=1S/C11H14F2O/c12-11(13)8-10-4-1-3-9(7-10)5-2-6-14/h1,3-4,7,11,14H,2,5-6,8H2. The number of hydrogen-bond donors (Lipinski definition) is 1. The molecule has 0 fully saturated rings. The van der Waals surface area contributed by atoms with Gasteiger partial charge in [0.15, 0.2) is 0 Å². The number of halogens is 2. The Hall–Kier alpha value is -0.960. The molecule has 0 aliphatic rings. The van der Waals surface area contributed by atoms with E-state index in [4.69, 9.17) is 5.11 Å². The second-order valence-electron chi connectivity index (χ2n) is 3.24. The van der Waals surface area contributed by atoms with Crippen LogP contribution in [0.3, 0.4) is 0 Å². The Morgan fingerprint density at radius 2 is 1.93 bits per heavy atom. The van der Waals surface area contributed by atoms with Crippen LogP contribution in [0, 0.1) is 0 Å². The topological polar surface area (TPSA) is 20.2 Å². The summed E-state index contributed by atoms with van der Waals surface area (Å²) in [7, 11) is 0. The molecule has 0 atom stereocenters. The fourth-order valence-corrected chi connectivity index (χ4v) is 1.37. The molecule has 1 aromatic carbocycles. The SMILES string of the molecule is OCCCc1cccc(CC(F)F)c1. The van der Waals surface area contributed by atoms with Crippen molar-refractivity contribution < 1.29 is 13.9 Å². The minimum atomic E-state index is -2.29. The molecule has 0 aromatic heterocycles. The number of hydrogen-bond acceptors (Lipinski definition) is 1. The first-order valence-corrected chi connectivity index (χ1v) is 4.69. The van der Waals surface area contributed by atoms with Crippen LogP contribution in [0.1, 0.15) is 17.5 Å². The summed E-state index contributed by atoms with van der Waals surface area (Å²) in [5.41, 5.74) is 1.67. The first kappa shape index (κ1) is 11.1.